The van der Waals surface area contributed by atoms with Gasteiger partial charge in [-0.15, -0.1) is 0 Å². The number of nitrogens with zero attached hydrogens (tertiary/aromatic N) is 1. The van der Waals surface area contributed by atoms with E-state index in [1.165, 1.54) is 7.11 Å². The van der Waals surface area contributed by atoms with Crippen molar-refractivity contribution in [3.8, 4) is 0 Å². The third kappa shape index (κ3) is 3.11. The zero-order valence-electron chi connectivity index (χ0n) is 8.46. The summed E-state index contributed by atoms with van der Waals surface area (Å²) in [5.41, 5.74) is 0. The van der Waals surface area contributed by atoms with Crippen molar-refractivity contribution in [2.75, 3.05) is 20.2 Å². The van der Waals surface area contributed by atoms with Crippen molar-refractivity contribution in [1.29, 1.82) is 0 Å². The second-order valence-electron chi connectivity index (χ2n) is 2.81. The minimum absolute atomic E-state index is 0.190. The summed E-state index contributed by atoms with van der Waals surface area (Å²) >= 11 is 0. The summed E-state index contributed by atoms with van der Waals surface area (Å²) in [6.45, 7) is 7.85. The highest BCUT2D eigenvalue weighted by atomic mass is 16.5. The van der Waals surface area contributed by atoms with Crippen LogP contribution < -0.4 is 0 Å². The van der Waals surface area contributed by atoms with Crippen molar-refractivity contribution in [2.24, 2.45) is 5.92 Å². The van der Waals surface area contributed by atoms with Gasteiger partial charge in [-0.25, -0.2) is 4.79 Å². The van der Waals surface area contributed by atoms with Gasteiger partial charge in [-0.1, -0.05) is 20.8 Å². The van der Waals surface area contributed by atoms with Crippen molar-refractivity contribution in [2.45, 2.75) is 27.2 Å². The fourth-order valence-electron chi connectivity index (χ4n) is 1.23. The Bertz CT molecular complexity index is 136. The molecule has 0 unspecified atom stereocenters. The lowest BCUT2D eigenvalue weighted by Crippen LogP contribution is -2.27. The van der Waals surface area contributed by atoms with Crippen LogP contribution in [0.15, 0.2) is 0 Å². The molecule has 0 radical (unpaired) electrons. The largest absolute Gasteiger partial charge is 0.453 e. The average molecular weight is 173 g/mol. The fourth-order valence-corrected chi connectivity index (χ4v) is 1.23. The Balaban J connectivity index is 0.000000561. The van der Waals surface area contributed by atoms with Gasteiger partial charge in [0.25, 0.3) is 0 Å². The molecule has 1 saturated heterocycles. The van der Waals surface area contributed by atoms with Crippen LogP contribution in [0.4, 0.5) is 4.79 Å². The van der Waals surface area contributed by atoms with Crippen LogP contribution in [-0.4, -0.2) is 31.2 Å². The maximum Gasteiger partial charge on any atom is 0.409 e. The monoisotopic (exact) mass is 173 g/mol. The molecule has 3 nitrogen and oxygen atoms in total. The van der Waals surface area contributed by atoms with Gasteiger partial charge in [0.1, 0.15) is 0 Å². The van der Waals surface area contributed by atoms with Crippen molar-refractivity contribution < 1.29 is 9.53 Å². The SMILES string of the molecule is CC.COC(=O)N1CC[C@H](C)C1. The lowest BCUT2D eigenvalue weighted by Gasteiger charge is -2.12. The Hall–Kier alpha value is -0.730. The molecule has 1 heterocycles. The topological polar surface area (TPSA) is 29.5 Å². The molecule has 1 aliphatic heterocycles. The first kappa shape index (κ1) is 11.3. The Morgan fingerprint density at radius 3 is 2.42 bits per heavy atom. The van der Waals surface area contributed by atoms with E-state index >= 15 is 0 Å². The quantitative estimate of drug-likeness (QED) is 0.561. The van der Waals surface area contributed by atoms with Crippen LogP contribution in [-0.2, 0) is 4.74 Å². The molecular weight excluding hydrogens is 154 g/mol. The lowest BCUT2D eigenvalue weighted by atomic mass is 10.2. The van der Waals surface area contributed by atoms with Gasteiger partial charge in [-0.3, -0.25) is 0 Å². The number of hydrogen-bond donors (Lipinski definition) is 0. The lowest BCUT2D eigenvalue weighted by molar-refractivity contribution is 0.132. The van der Waals surface area contributed by atoms with E-state index in [1.54, 1.807) is 4.90 Å². The first-order valence-electron chi connectivity index (χ1n) is 4.57. The summed E-state index contributed by atoms with van der Waals surface area (Å²) in [5.74, 6) is 0.638. The van der Waals surface area contributed by atoms with Gasteiger partial charge < -0.3 is 9.64 Å². The van der Waals surface area contributed by atoms with Gasteiger partial charge >= 0.3 is 6.09 Å². The number of rotatable bonds is 0. The molecule has 0 bridgehead atoms. The molecule has 0 aromatic heterocycles. The van der Waals surface area contributed by atoms with Gasteiger partial charge in [0.05, 0.1) is 7.11 Å². The highest BCUT2D eigenvalue weighted by molar-refractivity contribution is 5.67. The van der Waals surface area contributed by atoms with Crippen LogP contribution in [0.5, 0.6) is 0 Å². The maximum atomic E-state index is 10.9. The van der Waals surface area contributed by atoms with Crippen molar-refractivity contribution in [1.82, 2.24) is 4.90 Å². The molecule has 1 amide bonds. The van der Waals surface area contributed by atoms with Crippen molar-refractivity contribution in [3.05, 3.63) is 0 Å². The predicted molar refractivity (Wildman–Crippen MR) is 49.1 cm³/mol. The molecule has 1 fully saturated rings. The third-order valence-corrected chi connectivity index (χ3v) is 1.86. The fraction of sp³-hybridized carbons (Fsp3) is 0.889. The van der Waals surface area contributed by atoms with Gasteiger partial charge in [-0.05, 0) is 12.3 Å². The summed E-state index contributed by atoms with van der Waals surface area (Å²) in [6, 6.07) is 0. The number of amides is 1. The summed E-state index contributed by atoms with van der Waals surface area (Å²) < 4.78 is 4.57. The number of methoxy groups -OCH3 is 1. The molecule has 0 saturated carbocycles. The van der Waals surface area contributed by atoms with E-state index in [0.717, 1.165) is 19.5 Å². The smallest absolute Gasteiger partial charge is 0.409 e. The van der Waals surface area contributed by atoms with Crippen LogP contribution in [0.1, 0.15) is 27.2 Å². The predicted octanol–water partition coefficient (Wildman–Crippen LogP) is 2.12. The minimum Gasteiger partial charge on any atom is -0.453 e. The van der Waals surface area contributed by atoms with E-state index < -0.39 is 0 Å². The van der Waals surface area contributed by atoms with Crippen LogP contribution in [0.2, 0.25) is 0 Å². The number of carbonyl (C=O) groups excluding carboxylic acids is 1. The summed E-state index contributed by atoms with van der Waals surface area (Å²) in [4.78, 5) is 12.6. The highest BCUT2D eigenvalue weighted by Gasteiger charge is 2.23. The van der Waals surface area contributed by atoms with E-state index in [4.69, 9.17) is 0 Å². The number of carbonyl (C=O) groups is 1. The first-order valence-corrected chi connectivity index (χ1v) is 4.57. The summed E-state index contributed by atoms with van der Waals surface area (Å²) in [7, 11) is 1.42. The van der Waals surface area contributed by atoms with Crippen molar-refractivity contribution in [3.63, 3.8) is 0 Å². The van der Waals surface area contributed by atoms with Crippen molar-refractivity contribution >= 4 is 6.09 Å². The zero-order valence-corrected chi connectivity index (χ0v) is 8.46. The van der Waals surface area contributed by atoms with Gasteiger partial charge in [0.2, 0.25) is 0 Å². The van der Waals surface area contributed by atoms with Gasteiger partial charge in [0.15, 0.2) is 0 Å². The van der Waals surface area contributed by atoms with Crippen LogP contribution in [0.25, 0.3) is 0 Å². The van der Waals surface area contributed by atoms with Gasteiger partial charge in [0, 0.05) is 13.1 Å². The van der Waals surface area contributed by atoms with Crippen LogP contribution >= 0.6 is 0 Å². The molecule has 0 spiro atoms. The van der Waals surface area contributed by atoms with Crippen LogP contribution in [0.3, 0.4) is 0 Å². The van der Waals surface area contributed by atoms with E-state index in [1.807, 2.05) is 13.8 Å². The highest BCUT2D eigenvalue weighted by Crippen LogP contribution is 2.15. The second kappa shape index (κ2) is 5.86. The molecule has 1 atom stereocenters. The molecule has 0 aromatic rings. The second-order valence-corrected chi connectivity index (χ2v) is 2.81. The summed E-state index contributed by atoms with van der Waals surface area (Å²) in [6.07, 6.45) is 0.916. The van der Waals surface area contributed by atoms with E-state index in [-0.39, 0.29) is 6.09 Å². The Kier molecular flexibility index (Phi) is 5.51. The number of ether oxygens (including phenoxy) is 1. The molecule has 1 aliphatic rings. The molecule has 0 aromatic carbocycles. The molecule has 3 heteroatoms. The Labute approximate surface area is 74.7 Å². The van der Waals surface area contributed by atoms with E-state index in [2.05, 4.69) is 11.7 Å². The minimum atomic E-state index is -0.190. The number of likely N-dealkylation sites (tertiary alicyclic amines) is 1. The Morgan fingerprint density at radius 1 is 1.50 bits per heavy atom. The number of hydrogen-bond acceptors (Lipinski definition) is 2. The zero-order chi connectivity index (χ0) is 9.56. The van der Waals surface area contributed by atoms with E-state index in [9.17, 15) is 4.79 Å². The normalized spacial score (nSPS) is 21.3. The molecule has 0 aliphatic carbocycles. The first-order chi connectivity index (χ1) is 5.74. The van der Waals surface area contributed by atoms with Gasteiger partial charge in [-0.2, -0.15) is 0 Å². The third-order valence-electron chi connectivity index (χ3n) is 1.86. The van der Waals surface area contributed by atoms with Crippen LogP contribution in [0, 0.1) is 5.92 Å². The molecule has 72 valence electrons. The molecule has 12 heavy (non-hydrogen) atoms. The molecule has 1 rings (SSSR count). The summed E-state index contributed by atoms with van der Waals surface area (Å²) in [5, 5.41) is 0. The molecular formula is C9H19NO2. The standard InChI is InChI=1S/C7H13NO2.C2H6/c1-6-3-4-8(5-6)7(9)10-2;1-2/h6H,3-5H2,1-2H3;1-2H3/t6-;/m0./s1. The maximum absolute atomic E-state index is 10.9. The average Bonchev–Trinajstić information content (AvgIpc) is 2.54. The van der Waals surface area contributed by atoms with E-state index in [0.29, 0.717) is 5.92 Å². The molecule has 0 N–H and O–H groups in total. The Morgan fingerprint density at radius 2 is 2.08 bits per heavy atom.